The molecule has 0 atom stereocenters. The third-order valence-corrected chi connectivity index (χ3v) is 14.2. The molecule has 0 spiro atoms. The monoisotopic (exact) mass is 778 g/mol. The quantitative estimate of drug-likeness (QED) is 0.153. The molecule has 0 N–H and O–H groups in total. The Morgan fingerprint density at radius 2 is 0.950 bits per heavy atom. The van der Waals surface area contributed by atoms with E-state index in [1.807, 2.05) is 0 Å². The van der Waals surface area contributed by atoms with E-state index in [0.717, 1.165) is 0 Å². The molecule has 4 heterocycles. The number of benzene rings is 7. The lowest BCUT2D eigenvalue weighted by molar-refractivity contribution is 0.590. The van der Waals surface area contributed by atoms with E-state index in [1.54, 1.807) is 0 Å². The summed E-state index contributed by atoms with van der Waals surface area (Å²) < 4.78 is 0. The molecule has 4 heteroatoms. The number of hydrogen-bond donors (Lipinski definition) is 0. The number of anilines is 5. The third kappa shape index (κ3) is 5.22. The lowest BCUT2D eigenvalue weighted by Gasteiger charge is -2.52. The van der Waals surface area contributed by atoms with Crippen LogP contribution in [-0.2, 0) is 21.7 Å². The molecule has 4 aliphatic rings. The Bertz CT molecular complexity index is 2980. The molecule has 0 aliphatic carbocycles. The maximum absolute atomic E-state index is 2.82. The Kier molecular flexibility index (Phi) is 7.56. The zero-order chi connectivity index (χ0) is 42.0. The topological polar surface area (TPSA) is 6.48 Å². The van der Waals surface area contributed by atoms with Gasteiger partial charge in [0.15, 0.2) is 0 Å². The zero-order valence-electron chi connectivity index (χ0n) is 37.6. The summed E-state index contributed by atoms with van der Waals surface area (Å²) in [4.78, 5) is 5.43. The minimum atomic E-state index is -0.0450. The summed E-state index contributed by atoms with van der Waals surface area (Å²) in [5.41, 5.74) is 24.6. The van der Waals surface area contributed by atoms with Gasteiger partial charge in [-0.05, 0) is 112 Å². The molecule has 7 aromatic carbocycles. The van der Waals surface area contributed by atoms with Crippen molar-refractivity contribution in [3.8, 4) is 22.3 Å². The van der Waals surface area contributed by atoms with E-state index in [0.29, 0.717) is 0 Å². The molecule has 4 aliphatic heterocycles. The second kappa shape index (κ2) is 12.1. The van der Waals surface area contributed by atoms with Crippen molar-refractivity contribution >= 4 is 80.1 Å². The van der Waals surface area contributed by atoms with Gasteiger partial charge in [-0.15, -0.1) is 0 Å². The van der Waals surface area contributed by atoms with Gasteiger partial charge in [0.25, 0.3) is 6.71 Å². The first kappa shape index (κ1) is 37.5. The largest absolute Gasteiger partial charge is 0.377 e. The SMILES string of the molecule is CC(C)(C)c1ccc(N2c3ccc4c5c3B(c3cc(C(C)(C)C)cc6c3N5B(c3cc(C(C)(C)C)ccc3-6)c3cc(C(C)(C)C)ccc3-4)c3ccc4ccccc4c32)cc1. The molecule has 0 saturated carbocycles. The maximum atomic E-state index is 2.82. The fourth-order valence-corrected chi connectivity index (χ4v) is 10.9. The summed E-state index contributed by atoms with van der Waals surface area (Å²) in [5, 5.41) is 2.56. The molecule has 0 saturated heterocycles. The second-order valence-corrected chi connectivity index (χ2v) is 22.3. The number of rotatable bonds is 1. The van der Waals surface area contributed by atoms with Crippen LogP contribution >= 0.6 is 0 Å². The Balaban J connectivity index is 1.31. The number of fused-ring (bicyclic) bond motifs is 11. The predicted octanol–water partition coefficient (Wildman–Crippen LogP) is 11.5. The van der Waals surface area contributed by atoms with Crippen LogP contribution in [-0.4, -0.2) is 13.6 Å². The van der Waals surface area contributed by atoms with Crippen molar-refractivity contribution in [2.75, 3.05) is 9.71 Å². The summed E-state index contributed by atoms with van der Waals surface area (Å²) in [5.74, 6) is 0. The average Bonchev–Trinajstić information content (AvgIpc) is 3.20. The number of hydrogen-bond acceptors (Lipinski definition) is 2. The van der Waals surface area contributed by atoms with Crippen molar-refractivity contribution in [2.24, 2.45) is 0 Å². The van der Waals surface area contributed by atoms with E-state index >= 15 is 0 Å². The second-order valence-electron chi connectivity index (χ2n) is 22.3. The molecule has 0 fully saturated rings. The summed E-state index contributed by atoms with van der Waals surface area (Å²) in [6.45, 7) is 28.3. The van der Waals surface area contributed by atoms with E-state index in [2.05, 4.69) is 214 Å². The first-order valence-electron chi connectivity index (χ1n) is 22.2. The van der Waals surface area contributed by atoms with Crippen LogP contribution in [0.1, 0.15) is 105 Å². The van der Waals surface area contributed by atoms with Gasteiger partial charge in [0.1, 0.15) is 0 Å². The van der Waals surface area contributed by atoms with E-state index in [4.69, 9.17) is 0 Å². The molecule has 0 aromatic heterocycles. The minimum absolute atomic E-state index is 0.0120. The van der Waals surface area contributed by atoms with Crippen molar-refractivity contribution in [3.63, 3.8) is 0 Å². The number of nitrogens with zero attached hydrogens (tertiary/aromatic N) is 2. The highest BCUT2D eigenvalue weighted by Crippen LogP contribution is 2.52. The molecule has 0 bridgehead atoms. The van der Waals surface area contributed by atoms with Crippen molar-refractivity contribution < 1.29 is 0 Å². The van der Waals surface area contributed by atoms with Gasteiger partial charge < -0.3 is 9.71 Å². The van der Waals surface area contributed by atoms with E-state index in [9.17, 15) is 0 Å². The Labute approximate surface area is 358 Å². The lowest BCUT2D eigenvalue weighted by atomic mass is 9.30. The van der Waals surface area contributed by atoms with Gasteiger partial charge in [-0.2, -0.15) is 0 Å². The van der Waals surface area contributed by atoms with Crippen molar-refractivity contribution in [3.05, 3.63) is 144 Å². The van der Waals surface area contributed by atoms with Crippen molar-refractivity contribution in [1.82, 2.24) is 0 Å². The molecule has 60 heavy (non-hydrogen) atoms. The van der Waals surface area contributed by atoms with E-state index < -0.39 is 0 Å². The van der Waals surface area contributed by atoms with Crippen molar-refractivity contribution in [2.45, 2.75) is 105 Å². The van der Waals surface area contributed by atoms with Gasteiger partial charge in [-0.3, -0.25) is 0 Å². The highest BCUT2D eigenvalue weighted by molar-refractivity contribution is 7.03. The maximum Gasteiger partial charge on any atom is 0.329 e. The molecular formula is C56H56B2N2. The van der Waals surface area contributed by atoms with Crippen LogP contribution in [0, 0.1) is 0 Å². The van der Waals surface area contributed by atoms with Crippen LogP contribution in [0.4, 0.5) is 28.4 Å². The molecule has 0 unspecified atom stereocenters. The predicted molar refractivity (Wildman–Crippen MR) is 263 cm³/mol. The molecule has 2 nitrogen and oxygen atoms in total. The first-order chi connectivity index (χ1) is 28.3. The van der Waals surface area contributed by atoms with Gasteiger partial charge in [0, 0.05) is 45.0 Å². The minimum Gasteiger partial charge on any atom is -0.377 e. The third-order valence-electron chi connectivity index (χ3n) is 14.2. The van der Waals surface area contributed by atoms with Gasteiger partial charge in [0.05, 0.1) is 0 Å². The summed E-state index contributed by atoms with van der Waals surface area (Å²) in [6, 6.07) is 48.2. The van der Waals surface area contributed by atoms with Gasteiger partial charge in [0.2, 0.25) is 0 Å². The highest BCUT2D eigenvalue weighted by Gasteiger charge is 2.52. The Hall–Kier alpha value is -5.47. The molecule has 296 valence electrons. The molecule has 0 amide bonds. The molecule has 0 radical (unpaired) electrons. The Morgan fingerprint density at radius 1 is 0.400 bits per heavy atom. The highest BCUT2D eigenvalue weighted by atomic mass is 15.2. The van der Waals surface area contributed by atoms with Crippen LogP contribution in [0.25, 0.3) is 33.0 Å². The average molecular weight is 779 g/mol. The fourth-order valence-electron chi connectivity index (χ4n) is 10.9. The van der Waals surface area contributed by atoms with E-state index in [1.165, 1.54) is 111 Å². The standard InChI is InChI=1S/C56H56B2N2/c1-53(2,3)34-18-22-38(23-19-34)59-48-28-26-42-40-24-20-35(54(4,5)6)30-45(40)58-46-31-36(55(7,8)9)21-25-41(46)43-29-37(56(10,11)12)32-47-51(43)60(58)52(42)49(48)57(47)44-27-17-33-15-13-14-16-39(33)50(44)59/h13-32H,1-12H3. The van der Waals surface area contributed by atoms with Crippen LogP contribution in [0.2, 0.25) is 0 Å². The Morgan fingerprint density at radius 3 is 1.57 bits per heavy atom. The normalized spacial score (nSPS) is 14.9. The molecule has 11 rings (SSSR count). The van der Waals surface area contributed by atoms with Crippen LogP contribution in [0.5, 0.6) is 0 Å². The summed E-state index contributed by atoms with van der Waals surface area (Å²) in [6.07, 6.45) is 0. The zero-order valence-corrected chi connectivity index (χ0v) is 37.6. The molecular weight excluding hydrogens is 722 g/mol. The molecule has 7 aromatic rings. The van der Waals surface area contributed by atoms with Gasteiger partial charge in [-0.1, -0.05) is 180 Å². The van der Waals surface area contributed by atoms with Gasteiger partial charge in [-0.25, -0.2) is 0 Å². The smallest absolute Gasteiger partial charge is 0.329 e. The van der Waals surface area contributed by atoms with Crippen molar-refractivity contribution in [1.29, 1.82) is 0 Å². The fraction of sp³-hybridized carbons (Fsp3) is 0.286. The van der Waals surface area contributed by atoms with Gasteiger partial charge >= 0.3 is 6.85 Å². The lowest BCUT2D eigenvalue weighted by Crippen LogP contribution is -2.69. The van der Waals surface area contributed by atoms with Crippen LogP contribution in [0.3, 0.4) is 0 Å². The summed E-state index contributed by atoms with van der Waals surface area (Å²) >= 11 is 0. The van der Waals surface area contributed by atoms with Crippen LogP contribution < -0.4 is 37.0 Å². The van der Waals surface area contributed by atoms with Crippen LogP contribution in [0.15, 0.2) is 121 Å². The first-order valence-corrected chi connectivity index (χ1v) is 22.2. The van der Waals surface area contributed by atoms with E-state index in [-0.39, 0.29) is 35.2 Å². The summed E-state index contributed by atoms with van der Waals surface area (Å²) in [7, 11) is 0.